The molecule has 8 heteroatoms. The van der Waals surface area contributed by atoms with Gasteiger partial charge in [-0.1, -0.05) is 52.7 Å². The Morgan fingerprint density at radius 3 is 2.80 bits per heavy atom. The number of carbonyl (C=O) groups is 1. The van der Waals surface area contributed by atoms with E-state index in [1.807, 2.05) is 41.0 Å². The minimum absolute atomic E-state index is 0.0520. The average Bonchev–Trinajstić information content (AvgIpc) is 3.47. The van der Waals surface area contributed by atoms with Crippen LogP contribution in [-0.2, 0) is 17.1 Å². The van der Waals surface area contributed by atoms with Crippen LogP contribution in [0.2, 0.25) is 0 Å². The lowest BCUT2D eigenvalue weighted by Crippen LogP contribution is -2.35. The Balaban J connectivity index is 1.37. The second-order valence-corrected chi connectivity index (χ2v) is 9.40. The third kappa shape index (κ3) is 4.03. The summed E-state index contributed by atoms with van der Waals surface area (Å²) in [4.78, 5) is 17.5. The summed E-state index contributed by atoms with van der Waals surface area (Å²) in [7, 11) is 0. The summed E-state index contributed by atoms with van der Waals surface area (Å²) in [5, 5.41) is 4.02. The van der Waals surface area contributed by atoms with Crippen LogP contribution < -0.4 is 14.8 Å². The molecule has 6 nitrogen and oxygen atoms in total. The highest BCUT2D eigenvalue weighted by molar-refractivity contribution is 9.10. The van der Waals surface area contributed by atoms with E-state index in [2.05, 4.69) is 21.2 Å². The van der Waals surface area contributed by atoms with Crippen LogP contribution in [0.4, 0.5) is 0 Å². The van der Waals surface area contributed by atoms with Gasteiger partial charge in [0, 0.05) is 16.3 Å². The molecule has 1 fully saturated rings. The molecular weight excluding hydrogens is 466 g/mol. The summed E-state index contributed by atoms with van der Waals surface area (Å²) >= 11 is 5.24. The highest BCUT2D eigenvalue weighted by Crippen LogP contribution is 2.39. The summed E-state index contributed by atoms with van der Waals surface area (Å²) in [6.07, 6.45) is 4.56. The molecule has 1 saturated carbocycles. The maximum atomic E-state index is 12.7. The van der Waals surface area contributed by atoms with Crippen molar-refractivity contribution in [1.82, 2.24) is 14.9 Å². The number of fused-ring (bicyclic) bond motifs is 2. The van der Waals surface area contributed by atoms with E-state index in [1.165, 1.54) is 12.8 Å². The number of aromatic nitrogens is 2. The lowest BCUT2D eigenvalue weighted by atomic mass is 10.2. The van der Waals surface area contributed by atoms with Gasteiger partial charge >= 0.3 is 0 Å². The molecule has 1 aliphatic heterocycles. The molecule has 2 heterocycles. The minimum atomic E-state index is 0.0520. The smallest absolute Gasteiger partial charge is 0.240 e. The number of hydrogen-bond acceptors (Lipinski definition) is 5. The predicted octanol–water partition coefficient (Wildman–Crippen LogP) is 4.88. The topological polar surface area (TPSA) is 65.4 Å². The molecule has 30 heavy (non-hydrogen) atoms. The molecule has 2 aromatic carbocycles. The van der Waals surface area contributed by atoms with Gasteiger partial charge in [-0.05, 0) is 42.7 Å². The first-order valence-corrected chi connectivity index (χ1v) is 11.9. The van der Waals surface area contributed by atoms with Crippen molar-refractivity contribution in [3.8, 4) is 11.5 Å². The Hall–Kier alpha value is -2.19. The summed E-state index contributed by atoms with van der Waals surface area (Å²) in [5.74, 6) is 2.27. The van der Waals surface area contributed by atoms with Crippen LogP contribution in [0.1, 0.15) is 31.2 Å². The Morgan fingerprint density at radius 2 is 1.97 bits per heavy atom. The van der Waals surface area contributed by atoms with E-state index in [1.54, 1.807) is 11.8 Å². The molecule has 0 radical (unpaired) electrons. The summed E-state index contributed by atoms with van der Waals surface area (Å²) in [5.41, 5.74) is 2.98. The number of thioether (sulfide) groups is 1. The van der Waals surface area contributed by atoms with Gasteiger partial charge in [-0.25, -0.2) is 4.98 Å². The number of nitrogens with zero attached hydrogens (tertiary/aromatic N) is 2. The molecular formula is C22H22BrN3O3S. The molecule has 1 amide bonds. The van der Waals surface area contributed by atoms with Crippen molar-refractivity contribution in [2.24, 2.45) is 0 Å². The fraction of sp³-hybridized carbons (Fsp3) is 0.364. The van der Waals surface area contributed by atoms with Crippen molar-refractivity contribution >= 4 is 44.6 Å². The SMILES string of the molecule is O=C(Cn1c(SCc2cc3c(cc2Br)OCO3)nc2ccccc21)NC1CCCC1. The predicted molar refractivity (Wildman–Crippen MR) is 120 cm³/mol. The molecule has 0 unspecified atom stereocenters. The van der Waals surface area contributed by atoms with E-state index in [9.17, 15) is 4.79 Å². The lowest BCUT2D eigenvalue weighted by Gasteiger charge is -2.14. The summed E-state index contributed by atoms with van der Waals surface area (Å²) < 4.78 is 13.9. The molecule has 2 aliphatic rings. The molecule has 0 saturated heterocycles. The molecule has 0 atom stereocenters. The highest BCUT2D eigenvalue weighted by Gasteiger charge is 2.21. The number of para-hydroxylation sites is 2. The number of carbonyl (C=O) groups excluding carboxylic acids is 1. The zero-order valence-electron chi connectivity index (χ0n) is 16.4. The fourth-order valence-corrected chi connectivity index (χ4v) is 5.67. The molecule has 156 valence electrons. The van der Waals surface area contributed by atoms with Crippen molar-refractivity contribution in [2.45, 2.75) is 49.2 Å². The van der Waals surface area contributed by atoms with E-state index in [-0.39, 0.29) is 19.2 Å². The van der Waals surface area contributed by atoms with Gasteiger partial charge in [0.15, 0.2) is 16.7 Å². The molecule has 1 aromatic heterocycles. The Morgan fingerprint density at radius 1 is 1.20 bits per heavy atom. The van der Waals surface area contributed by atoms with Gasteiger partial charge in [-0.3, -0.25) is 4.79 Å². The number of ether oxygens (including phenoxy) is 2. The molecule has 0 spiro atoms. The molecule has 1 aliphatic carbocycles. The van der Waals surface area contributed by atoms with E-state index in [0.29, 0.717) is 11.8 Å². The number of halogens is 1. The standard InChI is InChI=1S/C22H22BrN3O3S/c23-16-10-20-19(28-13-29-20)9-14(16)12-30-22-25-17-7-3-4-8-18(17)26(22)11-21(27)24-15-5-1-2-6-15/h3-4,7-10,15H,1-2,5-6,11-13H2,(H,24,27). The molecule has 1 N–H and O–H groups in total. The zero-order chi connectivity index (χ0) is 20.5. The average molecular weight is 488 g/mol. The quantitative estimate of drug-likeness (QED) is 0.502. The van der Waals surface area contributed by atoms with Crippen molar-refractivity contribution in [3.63, 3.8) is 0 Å². The van der Waals surface area contributed by atoms with Crippen molar-refractivity contribution in [3.05, 3.63) is 46.4 Å². The van der Waals surface area contributed by atoms with Gasteiger partial charge in [-0.15, -0.1) is 0 Å². The molecule has 3 aromatic rings. The number of benzene rings is 2. The van der Waals surface area contributed by atoms with E-state index in [0.717, 1.165) is 50.6 Å². The van der Waals surface area contributed by atoms with Gasteiger partial charge in [-0.2, -0.15) is 0 Å². The number of imidazole rings is 1. The Labute approximate surface area is 187 Å². The van der Waals surface area contributed by atoms with E-state index in [4.69, 9.17) is 14.5 Å². The first-order valence-electron chi connectivity index (χ1n) is 10.1. The third-order valence-electron chi connectivity index (χ3n) is 5.54. The molecule has 0 bridgehead atoms. The van der Waals surface area contributed by atoms with Gasteiger partial charge in [0.25, 0.3) is 0 Å². The fourth-order valence-electron chi connectivity index (χ4n) is 4.02. The maximum absolute atomic E-state index is 12.7. The summed E-state index contributed by atoms with van der Waals surface area (Å²) in [6.45, 7) is 0.534. The van der Waals surface area contributed by atoms with Crippen LogP contribution in [0, 0.1) is 0 Å². The van der Waals surface area contributed by atoms with Crippen LogP contribution in [-0.4, -0.2) is 28.3 Å². The zero-order valence-corrected chi connectivity index (χ0v) is 18.8. The van der Waals surface area contributed by atoms with E-state index >= 15 is 0 Å². The third-order valence-corrected chi connectivity index (χ3v) is 7.30. The van der Waals surface area contributed by atoms with Crippen LogP contribution in [0.3, 0.4) is 0 Å². The monoisotopic (exact) mass is 487 g/mol. The number of hydrogen-bond donors (Lipinski definition) is 1. The maximum Gasteiger partial charge on any atom is 0.240 e. The molecule has 5 rings (SSSR count). The number of nitrogens with one attached hydrogen (secondary N) is 1. The number of amides is 1. The normalized spacial score (nSPS) is 15.8. The van der Waals surface area contributed by atoms with Crippen LogP contribution in [0.5, 0.6) is 11.5 Å². The Bertz CT molecular complexity index is 1090. The van der Waals surface area contributed by atoms with Crippen LogP contribution >= 0.6 is 27.7 Å². The first kappa shape index (κ1) is 19.8. The van der Waals surface area contributed by atoms with Gasteiger partial charge < -0.3 is 19.4 Å². The van der Waals surface area contributed by atoms with Crippen molar-refractivity contribution < 1.29 is 14.3 Å². The van der Waals surface area contributed by atoms with Crippen molar-refractivity contribution in [1.29, 1.82) is 0 Å². The lowest BCUT2D eigenvalue weighted by molar-refractivity contribution is -0.122. The Kier molecular flexibility index (Phi) is 5.60. The van der Waals surface area contributed by atoms with Crippen LogP contribution in [0.25, 0.3) is 11.0 Å². The highest BCUT2D eigenvalue weighted by atomic mass is 79.9. The van der Waals surface area contributed by atoms with Gasteiger partial charge in [0.05, 0.1) is 11.0 Å². The second-order valence-electron chi connectivity index (χ2n) is 7.60. The van der Waals surface area contributed by atoms with E-state index < -0.39 is 0 Å². The summed E-state index contributed by atoms with van der Waals surface area (Å²) in [6, 6.07) is 12.2. The number of rotatable bonds is 6. The second kappa shape index (κ2) is 8.51. The van der Waals surface area contributed by atoms with Gasteiger partial charge in [0.1, 0.15) is 6.54 Å². The van der Waals surface area contributed by atoms with Gasteiger partial charge in [0.2, 0.25) is 12.7 Å². The van der Waals surface area contributed by atoms with Crippen molar-refractivity contribution in [2.75, 3.05) is 6.79 Å². The minimum Gasteiger partial charge on any atom is -0.454 e. The first-order chi connectivity index (χ1) is 14.7. The largest absolute Gasteiger partial charge is 0.454 e. The van der Waals surface area contributed by atoms with Crippen LogP contribution in [0.15, 0.2) is 46.0 Å².